The molecule has 160 valence electrons. The molecule has 1 amide bonds. The van der Waals surface area contributed by atoms with Gasteiger partial charge in [0.2, 0.25) is 0 Å². The molecule has 3 aromatic rings. The molecule has 3 aromatic heterocycles. The summed E-state index contributed by atoms with van der Waals surface area (Å²) in [6, 6.07) is 4.04. The molecule has 8 heteroatoms. The Morgan fingerprint density at radius 2 is 2.07 bits per heavy atom. The van der Waals surface area contributed by atoms with Gasteiger partial charge in [0.1, 0.15) is 15.9 Å². The van der Waals surface area contributed by atoms with Crippen LogP contribution in [0, 0.1) is 5.92 Å². The number of halogens is 1. The molecule has 0 unspecified atom stereocenters. The van der Waals surface area contributed by atoms with Crippen LogP contribution < -0.4 is 0 Å². The van der Waals surface area contributed by atoms with Crippen molar-refractivity contribution in [3.8, 4) is 0 Å². The van der Waals surface area contributed by atoms with Crippen LogP contribution in [-0.2, 0) is 17.8 Å². The fourth-order valence-corrected chi connectivity index (χ4v) is 3.96. The number of amides is 1. The van der Waals surface area contributed by atoms with Gasteiger partial charge in [0.15, 0.2) is 0 Å². The molecule has 0 aliphatic heterocycles. The Hall–Kier alpha value is -2.35. The molecule has 7 nitrogen and oxygen atoms in total. The summed E-state index contributed by atoms with van der Waals surface area (Å²) in [5, 5.41) is 0. The summed E-state index contributed by atoms with van der Waals surface area (Å²) in [5.74, 6) is 0.579. The Kier molecular flexibility index (Phi) is 5.86. The highest BCUT2D eigenvalue weighted by atomic mass is 79.9. The van der Waals surface area contributed by atoms with E-state index in [1.54, 1.807) is 6.33 Å². The molecule has 0 radical (unpaired) electrons. The van der Waals surface area contributed by atoms with Crippen LogP contribution in [0.25, 0.3) is 5.65 Å². The number of fused-ring (bicyclic) bond motifs is 1. The minimum absolute atomic E-state index is 0.244. The average Bonchev–Trinajstić information content (AvgIpc) is 3.20. The molecule has 30 heavy (non-hydrogen) atoms. The zero-order valence-electron chi connectivity index (χ0n) is 17.7. The SMILES string of the molecule is CC(C)(C)OC(=O)N(Cc1ccc2nc(Cn3cnc(Br)c3)cn2c1)CC1CCC1. The molecule has 1 aliphatic carbocycles. The number of carbonyl (C=O) groups excluding carboxylic acids is 1. The van der Waals surface area contributed by atoms with E-state index in [-0.39, 0.29) is 6.09 Å². The van der Waals surface area contributed by atoms with Crippen molar-refractivity contribution in [1.82, 2.24) is 23.8 Å². The summed E-state index contributed by atoms with van der Waals surface area (Å²) < 4.78 is 10.5. The summed E-state index contributed by atoms with van der Waals surface area (Å²) in [6.45, 7) is 7.65. The van der Waals surface area contributed by atoms with Gasteiger partial charge in [-0.3, -0.25) is 0 Å². The zero-order chi connectivity index (χ0) is 21.3. The number of nitrogens with zero attached hydrogens (tertiary/aromatic N) is 5. The minimum Gasteiger partial charge on any atom is -0.444 e. The number of hydrogen-bond acceptors (Lipinski definition) is 4. The highest BCUT2D eigenvalue weighted by Gasteiger charge is 2.27. The molecular weight excluding hydrogens is 446 g/mol. The third-order valence-corrected chi connectivity index (χ3v) is 5.65. The van der Waals surface area contributed by atoms with Crippen LogP contribution >= 0.6 is 15.9 Å². The van der Waals surface area contributed by atoms with Crippen LogP contribution in [0.3, 0.4) is 0 Å². The maximum atomic E-state index is 12.8. The first kappa shape index (κ1) is 20.9. The molecule has 0 aromatic carbocycles. The van der Waals surface area contributed by atoms with E-state index >= 15 is 0 Å². The van der Waals surface area contributed by atoms with Crippen LogP contribution in [0.15, 0.2) is 41.7 Å². The molecule has 1 saturated carbocycles. The van der Waals surface area contributed by atoms with Crippen LogP contribution in [0.4, 0.5) is 4.79 Å². The number of aromatic nitrogens is 4. The van der Waals surface area contributed by atoms with Crippen molar-refractivity contribution >= 4 is 27.7 Å². The average molecular weight is 474 g/mol. The minimum atomic E-state index is -0.500. The van der Waals surface area contributed by atoms with Gasteiger partial charge >= 0.3 is 6.09 Å². The maximum absolute atomic E-state index is 12.8. The van der Waals surface area contributed by atoms with Gasteiger partial charge in [0, 0.05) is 25.1 Å². The first-order chi connectivity index (χ1) is 14.2. The van der Waals surface area contributed by atoms with Crippen LogP contribution in [0.1, 0.15) is 51.3 Å². The van der Waals surface area contributed by atoms with Crippen LogP contribution in [0.2, 0.25) is 0 Å². The fourth-order valence-electron chi connectivity index (χ4n) is 3.60. The standard InChI is InChI=1S/C22H28BrN5O2/c1-22(2,3)30-21(29)28(9-16-5-4-6-16)11-17-7-8-20-25-18(13-27(20)10-17)12-26-14-19(23)24-15-26/h7-8,10,13-16H,4-6,9,11-12H2,1-3H3. The second-order valence-electron chi connectivity index (χ2n) is 9.06. The normalized spacial score (nSPS) is 14.7. The molecule has 0 spiro atoms. The Morgan fingerprint density at radius 1 is 1.27 bits per heavy atom. The topological polar surface area (TPSA) is 64.7 Å². The molecule has 4 rings (SSSR count). The summed E-state index contributed by atoms with van der Waals surface area (Å²) >= 11 is 3.37. The predicted molar refractivity (Wildman–Crippen MR) is 118 cm³/mol. The Labute approximate surface area is 185 Å². The molecule has 0 bridgehead atoms. The Balaban J connectivity index is 1.50. The third kappa shape index (κ3) is 5.22. The number of carbonyl (C=O) groups is 1. The Morgan fingerprint density at radius 3 is 2.70 bits per heavy atom. The van der Waals surface area contributed by atoms with Gasteiger partial charge in [0.05, 0.1) is 25.1 Å². The van der Waals surface area contributed by atoms with Crippen molar-refractivity contribution in [3.63, 3.8) is 0 Å². The van der Waals surface area contributed by atoms with E-state index in [9.17, 15) is 4.79 Å². The number of pyridine rings is 1. The summed E-state index contributed by atoms with van der Waals surface area (Å²) in [4.78, 5) is 23.5. The molecule has 0 N–H and O–H groups in total. The first-order valence-electron chi connectivity index (χ1n) is 10.4. The highest BCUT2D eigenvalue weighted by Crippen LogP contribution is 2.28. The monoisotopic (exact) mass is 473 g/mol. The van der Waals surface area contributed by atoms with E-state index in [0.29, 0.717) is 19.0 Å². The van der Waals surface area contributed by atoms with E-state index in [0.717, 1.165) is 28.1 Å². The molecule has 0 atom stereocenters. The van der Waals surface area contributed by atoms with Crippen molar-refractivity contribution in [2.24, 2.45) is 5.92 Å². The molecule has 1 fully saturated rings. The van der Waals surface area contributed by atoms with E-state index in [1.807, 2.05) is 65.4 Å². The van der Waals surface area contributed by atoms with E-state index in [4.69, 9.17) is 4.74 Å². The van der Waals surface area contributed by atoms with E-state index < -0.39 is 5.60 Å². The maximum Gasteiger partial charge on any atom is 0.410 e. The third-order valence-electron chi connectivity index (χ3n) is 5.24. The lowest BCUT2D eigenvalue weighted by atomic mass is 9.85. The van der Waals surface area contributed by atoms with Crippen LogP contribution in [-0.4, -0.2) is 42.1 Å². The highest BCUT2D eigenvalue weighted by molar-refractivity contribution is 9.10. The smallest absolute Gasteiger partial charge is 0.410 e. The summed E-state index contributed by atoms with van der Waals surface area (Å²) in [5.41, 5.74) is 2.40. The largest absolute Gasteiger partial charge is 0.444 e. The van der Waals surface area contributed by atoms with Gasteiger partial charge < -0.3 is 18.6 Å². The number of imidazole rings is 2. The lowest BCUT2D eigenvalue weighted by Gasteiger charge is -2.33. The summed E-state index contributed by atoms with van der Waals surface area (Å²) in [6.07, 6.45) is 11.2. The van der Waals surface area contributed by atoms with Gasteiger partial charge in [-0.2, -0.15) is 0 Å². The molecular formula is C22H28BrN5O2. The fraction of sp³-hybridized carbons (Fsp3) is 0.500. The van der Waals surface area contributed by atoms with Crippen LogP contribution in [0.5, 0.6) is 0 Å². The molecule has 0 saturated heterocycles. The number of ether oxygens (including phenoxy) is 1. The lowest BCUT2D eigenvalue weighted by Crippen LogP contribution is -2.40. The second kappa shape index (κ2) is 8.41. The van der Waals surface area contributed by atoms with Crippen molar-refractivity contribution in [3.05, 3.63) is 52.9 Å². The number of rotatable bonds is 6. The van der Waals surface area contributed by atoms with E-state index in [1.165, 1.54) is 19.3 Å². The predicted octanol–water partition coefficient (Wildman–Crippen LogP) is 4.88. The van der Waals surface area contributed by atoms with Gasteiger partial charge in [-0.05, 0) is 67.1 Å². The van der Waals surface area contributed by atoms with Crippen molar-refractivity contribution in [1.29, 1.82) is 0 Å². The van der Waals surface area contributed by atoms with E-state index in [2.05, 4.69) is 25.9 Å². The molecule has 1 aliphatic rings. The first-order valence-corrected chi connectivity index (χ1v) is 11.2. The quantitative estimate of drug-likeness (QED) is 0.511. The lowest BCUT2D eigenvalue weighted by molar-refractivity contribution is 0.0173. The molecule has 3 heterocycles. The summed E-state index contributed by atoms with van der Waals surface area (Å²) in [7, 11) is 0. The van der Waals surface area contributed by atoms with Crippen molar-refractivity contribution < 1.29 is 9.53 Å². The second-order valence-corrected chi connectivity index (χ2v) is 9.87. The van der Waals surface area contributed by atoms with Gasteiger partial charge in [-0.15, -0.1) is 0 Å². The van der Waals surface area contributed by atoms with Crippen molar-refractivity contribution in [2.75, 3.05) is 6.54 Å². The Bertz CT molecular complexity index is 1030. The zero-order valence-corrected chi connectivity index (χ0v) is 19.3. The van der Waals surface area contributed by atoms with Crippen molar-refractivity contribution in [2.45, 2.75) is 58.7 Å². The van der Waals surface area contributed by atoms with Gasteiger partial charge in [0.25, 0.3) is 0 Å². The number of hydrogen-bond donors (Lipinski definition) is 0. The van der Waals surface area contributed by atoms with Gasteiger partial charge in [-0.1, -0.05) is 12.5 Å². The van der Waals surface area contributed by atoms with Gasteiger partial charge in [-0.25, -0.2) is 14.8 Å².